The van der Waals surface area contributed by atoms with Crippen molar-refractivity contribution < 1.29 is 9.53 Å². The summed E-state index contributed by atoms with van der Waals surface area (Å²) in [7, 11) is 1.90. The third-order valence-electron chi connectivity index (χ3n) is 4.06. The Hall–Kier alpha value is -3.10. The molecule has 0 aliphatic heterocycles. The van der Waals surface area contributed by atoms with E-state index >= 15 is 0 Å². The van der Waals surface area contributed by atoms with Gasteiger partial charge in [0.15, 0.2) is 10.9 Å². The lowest BCUT2D eigenvalue weighted by Gasteiger charge is -2.15. The highest BCUT2D eigenvalue weighted by Crippen LogP contribution is 2.40. The molecule has 0 aliphatic carbocycles. The largest absolute Gasteiger partial charge is 0.424 e. The lowest BCUT2D eigenvalue weighted by atomic mass is 10.2. The number of benzene rings is 2. The van der Waals surface area contributed by atoms with Crippen LogP contribution in [-0.4, -0.2) is 25.5 Å². The number of anilines is 2. The summed E-state index contributed by atoms with van der Waals surface area (Å²) in [6, 6.07) is 11.1. The molecule has 0 atom stereocenters. The van der Waals surface area contributed by atoms with Crippen LogP contribution < -0.4 is 10.1 Å². The van der Waals surface area contributed by atoms with E-state index in [0.29, 0.717) is 22.3 Å². The summed E-state index contributed by atoms with van der Waals surface area (Å²) in [5.74, 6) is 0.502. The second-order valence-corrected chi connectivity index (χ2v) is 7.58. The minimum Gasteiger partial charge on any atom is -0.424 e. The number of imidazole rings is 1. The van der Waals surface area contributed by atoms with Gasteiger partial charge in [0.1, 0.15) is 12.1 Å². The number of ether oxygens (including phenoxy) is 1. The van der Waals surface area contributed by atoms with E-state index in [1.54, 1.807) is 18.3 Å². The van der Waals surface area contributed by atoms with Crippen LogP contribution in [0.3, 0.4) is 0 Å². The number of aryl methyl sites for hydroxylation is 1. The van der Waals surface area contributed by atoms with Crippen molar-refractivity contribution in [3.63, 3.8) is 0 Å². The first-order valence-corrected chi connectivity index (χ1v) is 9.84. The van der Waals surface area contributed by atoms with Gasteiger partial charge in [-0.1, -0.05) is 23.7 Å². The van der Waals surface area contributed by atoms with Crippen LogP contribution in [0, 0.1) is 0 Å². The smallest absolute Gasteiger partial charge is 0.308 e. The summed E-state index contributed by atoms with van der Waals surface area (Å²) in [6.07, 6.45) is 5.03. The van der Waals surface area contributed by atoms with Gasteiger partial charge < -0.3 is 14.6 Å². The van der Waals surface area contributed by atoms with Gasteiger partial charge in [0.25, 0.3) is 0 Å². The fourth-order valence-corrected chi connectivity index (χ4v) is 3.85. The number of carbonyl (C=O) groups is 1. The topological polar surface area (TPSA) is 81.9 Å². The molecule has 0 unspecified atom stereocenters. The molecular weight excluding hydrogens is 410 g/mol. The molecule has 7 nitrogen and oxygen atoms in total. The van der Waals surface area contributed by atoms with Crippen molar-refractivity contribution in [1.82, 2.24) is 19.5 Å². The van der Waals surface area contributed by atoms with E-state index in [0.717, 1.165) is 21.0 Å². The first-order valence-electron chi connectivity index (χ1n) is 8.65. The van der Waals surface area contributed by atoms with Gasteiger partial charge in [0.2, 0.25) is 0 Å². The Balaban J connectivity index is 1.74. The van der Waals surface area contributed by atoms with Crippen molar-refractivity contribution in [3.05, 3.63) is 60.1 Å². The SMILES string of the molecule is CC(=O)Oc1cc(Sc2nccn2C)c(Cl)cc1Nc1ncnc2ccccc12. The van der Waals surface area contributed by atoms with Gasteiger partial charge in [-0.2, -0.15) is 0 Å². The van der Waals surface area contributed by atoms with Crippen LogP contribution in [0.25, 0.3) is 10.9 Å². The van der Waals surface area contributed by atoms with Crippen LogP contribution in [0.5, 0.6) is 5.75 Å². The summed E-state index contributed by atoms with van der Waals surface area (Å²) >= 11 is 7.90. The van der Waals surface area contributed by atoms with Crippen LogP contribution in [0.4, 0.5) is 11.5 Å². The van der Waals surface area contributed by atoms with Crippen molar-refractivity contribution in [1.29, 1.82) is 0 Å². The van der Waals surface area contributed by atoms with Crippen LogP contribution in [0.15, 0.2) is 65.2 Å². The van der Waals surface area contributed by atoms with E-state index in [-0.39, 0.29) is 0 Å². The second kappa shape index (κ2) is 8.10. The number of para-hydroxylation sites is 1. The summed E-state index contributed by atoms with van der Waals surface area (Å²) in [5.41, 5.74) is 1.32. The van der Waals surface area contributed by atoms with Crippen molar-refractivity contribution in [2.45, 2.75) is 17.0 Å². The maximum atomic E-state index is 11.7. The average molecular weight is 426 g/mol. The molecule has 2 aromatic heterocycles. The van der Waals surface area contributed by atoms with Gasteiger partial charge in [0.05, 0.1) is 16.2 Å². The molecule has 29 heavy (non-hydrogen) atoms. The summed E-state index contributed by atoms with van der Waals surface area (Å²) in [5, 5.41) is 5.32. The Kier molecular flexibility index (Phi) is 5.37. The molecule has 0 fully saturated rings. The zero-order valence-corrected chi connectivity index (χ0v) is 17.2. The number of nitrogens with one attached hydrogen (secondary N) is 1. The molecule has 2 aromatic carbocycles. The first-order chi connectivity index (χ1) is 14.0. The van der Waals surface area contributed by atoms with E-state index in [2.05, 4.69) is 20.3 Å². The molecule has 0 bridgehead atoms. The molecule has 146 valence electrons. The Bertz CT molecular complexity index is 1210. The maximum Gasteiger partial charge on any atom is 0.308 e. The third-order valence-corrected chi connectivity index (χ3v) is 5.62. The van der Waals surface area contributed by atoms with Crippen molar-refractivity contribution >= 4 is 51.7 Å². The lowest BCUT2D eigenvalue weighted by Crippen LogP contribution is -2.05. The third kappa shape index (κ3) is 4.18. The van der Waals surface area contributed by atoms with Gasteiger partial charge in [-0.3, -0.25) is 4.79 Å². The minimum absolute atomic E-state index is 0.348. The van der Waals surface area contributed by atoms with Crippen LogP contribution in [-0.2, 0) is 11.8 Å². The molecule has 0 spiro atoms. The van der Waals surface area contributed by atoms with Crippen molar-refractivity contribution in [2.75, 3.05) is 5.32 Å². The van der Waals surface area contributed by atoms with E-state index in [1.807, 2.05) is 42.1 Å². The van der Waals surface area contributed by atoms with Gasteiger partial charge in [0, 0.05) is 36.6 Å². The number of nitrogens with zero attached hydrogens (tertiary/aromatic N) is 4. The number of hydrogen-bond donors (Lipinski definition) is 1. The minimum atomic E-state index is -0.434. The highest BCUT2D eigenvalue weighted by Gasteiger charge is 2.16. The summed E-state index contributed by atoms with van der Waals surface area (Å²) < 4.78 is 7.31. The number of hydrogen-bond acceptors (Lipinski definition) is 7. The number of carbonyl (C=O) groups excluding carboxylic acids is 1. The summed E-state index contributed by atoms with van der Waals surface area (Å²) in [4.78, 5) is 25.3. The Labute approximate surface area is 176 Å². The Morgan fingerprint density at radius 3 is 2.79 bits per heavy atom. The van der Waals surface area contributed by atoms with Gasteiger partial charge in [-0.05, 0) is 36.0 Å². The molecule has 0 saturated heterocycles. The van der Waals surface area contributed by atoms with E-state index in [1.165, 1.54) is 25.0 Å². The van der Waals surface area contributed by atoms with Gasteiger partial charge in [-0.25, -0.2) is 15.0 Å². The number of esters is 1. The fourth-order valence-electron chi connectivity index (χ4n) is 2.73. The number of rotatable bonds is 5. The molecule has 0 saturated carbocycles. The zero-order chi connectivity index (χ0) is 20.4. The summed E-state index contributed by atoms with van der Waals surface area (Å²) in [6.45, 7) is 1.35. The molecule has 0 radical (unpaired) electrons. The molecular formula is C20H16ClN5O2S. The molecule has 2 heterocycles. The van der Waals surface area contributed by atoms with Crippen LogP contribution in [0.1, 0.15) is 6.92 Å². The fraction of sp³-hybridized carbons (Fsp3) is 0.100. The molecule has 4 aromatic rings. The predicted octanol–water partition coefficient (Wildman–Crippen LogP) is 4.84. The standard InChI is InChI=1S/C20H16ClN5O2S/c1-12(27)28-17-10-18(29-20-22-7-8-26(20)2)14(21)9-16(17)25-19-13-5-3-4-6-15(13)23-11-24-19/h3-11H,1-2H3,(H,23,24,25). The molecule has 0 amide bonds. The van der Waals surface area contributed by atoms with Crippen molar-refractivity contribution in [2.24, 2.45) is 7.05 Å². The Morgan fingerprint density at radius 1 is 1.21 bits per heavy atom. The first kappa shape index (κ1) is 19.2. The zero-order valence-electron chi connectivity index (χ0n) is 15.6. The number of halogens is 1. The van der Waals surface area contributed by atoms with Gasteiger partial charge >= 0.3 is 5.97 Å². The highest BCUT2D eigenvalue weighted by atomic mass is 35.5. The predicted molar refractivity (Wildman–Crippen MR) is 113 cm³/mol. The van der Waals surface area contributed by atoms with E-state index in [4.69, 9.17) is 16.3 Å². The quantitative estimate of drug-likeness (QED) is 0.362. The monoisotopic (exact) mass is 425 g/mol. The molecule has 1 N–H and O–H groups in total. The van der Waals surface area contributed by atoms with Crippen molar-refractivity contribution in [3.8, 4) is 5.75 Å². The van der Waals surface area contributed by atoms with Crippen LogP contribution >= 0.6 is 23.4 Å². The normalized spacial score (nSPS) is 10.9. The van der Waals surface area contributed by atoms with E-state index < -0.39 is 5.97 Å². The highest BCUT2D eigenvalue weighted by molar-refractivity contribution is 7.99. The molecule has 9 heteroatoms. The molecule has 4 rings (SSSR count). The number of fused-ring (bicyclic) bond motifs is 1. The average Bonchev–Trinajstić information content (AvgIpc) is 3.10. The second-order valence-electron chi connectivity index (χ2n) is 6.16. The lowest BCUT2D eigenvalue weighted by molar-refractivity contribution is -0.131. The Morgan fingerprint density at radius 2 is 2.03 bits per heavy atom. The molecule has 0 aliphatic rings. The maximum absolute atomic E-state index is 11.7. The van der Waals surface area contributed by atoms with Gasteiger partial charge in [-0.15, -0.1) is 0 Å². The van der Waals surface area contributed by atoms with Crippen LogP contribution in [0.2, 0.25) is 5.02 Å². The van der Waals surface area contributed by atoms with E-state index in [9.17, 15) is 4.79 Å². The number of aromatic nitrogens is 4.